The van der Waals surface area contributed by atoms with E-state index in [0.29, 0.717) is 29.9 Å². The molecule has 4 aromatic rings. The van der Waals surface area contributed by atoms with Crippen LogP contribution in [0.25, 0.3) is 22.2 Å². The van der Waals surface area contributed by atoms with Crippen molar-refractivity contribution >= 4 is 11.3 Å². The lowest BCUT2D eigenvalue weighted by Crippen LogP contribution is -1.97. The van der Waals surface area contributed by atoms with E-state index in [-0.39, 0.29) is 0 Å². The Morgan fingerprint density at radius 2 is 1.77 bits per heavy atom. The standard InChI is InChI=1S/C20H16N2O3S/c1-23-17-12-15(19-21-22-20(25-19)18-8-5-11-26-18)9-10-16(17)24-13-14-6-3-2-4-7-14/h2-12H,13H2,1H3. The fourth-order valence-corrected chi connectivity index (χ4v) is 3.14. The quantitative estimate of drug-likeness (QED) is 0.479. The molecule has 0 aliphatic rings. The third kappa shape index (κ3) is 3.45. The summed E-state index contributed by atoms with van der Waals surface area (Å²) in [5.41, 5.74) is 1.88. The van der Waals surface area contributed by atoms with Gasteiger partial charge >= 0.3 is 0 Å². The van der Waals surface area contributed by atoms with Gasteiger partial charge in [-0.1, -0.05) is 36.4 Å². The van der Waals surface area contributed by atoms with Gasteiger partial charge in [-0.25, -0.2) is 0 Å². The number of benzene rings is 2. The summed E-state index contributed by atoms with van der Waals surface area (Å²) in [5.74, 6) is 2.24. The Hall–Kier alpha value is -3.12. The first-order chi connectivity index (χ1) is 12.8. The van der Waals surface area contributed by atoms with Gasteiger partial charge in [0, 0.05) is 5.56 Å². The third-order valence-corrected chi connectivity index (χ3v) is 4.66. The van der Waals surface area contributed by atoms with E-state index in [4.69, 9.17) is 13.9 Å². The molecule has 0 aliphatic heterocycles. The molecule has 0 N–H and O–H groups in total. The number of hydrogen-bond acceptors (Lipinski definition) is 6. The van der Waals surface area contributed by atoms with Crippen LogP contribution < -0.4 is 9.47 Å². The van der Waals surface area contributed by atoms with Gasteiger partial charge in [-0.15, -0.1) is 21.5 Å². The van der Waals surface area contributed by atoms with Crippen molar-refractivity contribution in [2.24, 2.45) is 0 Å². The van der Waals surface area contributed by atoms with Gasteiger partial charge in [0.25, 0.3) is 5.89 Å². The predicted molar refractivity (Wildman–Crippen MR) is 100 cm³/mol. The van der Waals surface area contributed by atoms with Gasteiger partial charge in [0.1, 0.15) is 6.61 Å². The number of rotatable bonds is 6. The summed E-state index contributed by atoms with van der Waals surface area (Å²) in [7, 11) is 1.61. The molecule has 0 aliphatic carbocycles. The van der Waals surface area contributed by atoms with Crippen molar-refractivity contribution in [2.75, 3.05) is 7.11 Å². The molecule has 0 radical (unpaired) electrons. The van der Waals surface area contributed by atoms with Gasteiger partial charge in [-0.3, -0.25) is 0 Å². The summed E-state index contributed by atoms with van der Waals surface area (Å²) in [6.45, 7) is 0.472. The molecule has 0 saturated carbocycles. The largest absolute Gasteiger partial charge is 0.493 e. The van der Waals surface area contributed by atoms with Crippen molar-refractivity contribution in [2.45, 2.75) is 6.61 Å². The van der Waals surface area contributed by atoms with Crippen LogP contribution in [0.2, 0.25) is 0 Å². The Labute approximate surface area is 154 Å². The smallest absolute Gasteiger partial charge is 0.258 e. The maximum absolute atomic E-state index is 5.88. The lowest BCUT2D eigenvalue weighted by molar-refractivity contribution is 0.284. The van der Waals surface area contributed by atoms with Crippen molar-refractivity contribution in [1.82, 2.24) is 10.2 Å². The molecule has 0 bridgehead atoms. The monoisotopic (exact) mass is 364 g/mol. The number of nitrogens with zero attached hydrogens (tertiary/aromatic N) is 2. The van der Waals surface area contributed by atoms with Crippen molar-refractivity contribution in [3.05, 3.63) is 71.6 Å². The highest BCUT2D eigenvalue weighted by molar-refractivity contribution is 7.13. The SMILES string of the molecule is COc1cc(-c2nnc(-c3cccs3)o2)ccc1OCc1ccccc1. The molecule has 2 heterocycles. The van der Waals surface area contributed by atoms with Gasteiger partial charge < -0.3 is 13.9 Å². The summed E-state index contributed by atoms with van der Waals surface area (Å²) < 4.78 is 17.1. The molecule has 0 amide bonds. The van der Waals surface area contributed by atoms with E-state index in [9.17, 15) is 0 Å². The van der Waals surface area contributed by atoms with Crippen LogP contribution in [0.1, 0.15) is 5.56 Å². The fraction of sp³-hybridized carbons (Fsp3) is 0.100. The lowest BCUT2D eigenvalue weighted by Gasteiger charge is -2.11. The second-order valence-corrected chi connectivity index (χ2v) is 6.48. The molecule has 5 nitrogen and oxygen atoms in total. The molecule has 0 spiro atoms. The molecule has 0 atom stereocenters. The molecule has 2 aromatic carbocycles. The average molecular weight is 364 g/mol. The van der Waals surface area contributed by atoms with Crippen LogP contribution in [0.3, 0.4) is 0 Å². The second-order valence-electron chi connectivity index (χ2n) is 5.53. The molecule has 0 unspecified atom stereocenters. The molecule has 130 valence electrons. The van der Waals surface area contributed by atoms with Gasteiger partial charge in [-0.05, 0) is 35.2 Å². The minimum atomic E-state index is 0.446. The summed E-state index contributed by atoms with van der Waals surface area (Å²) >= 11 is 1.56. The summed E-state index contributed by atoms with van der Waals surface area (Å²) in [5, 5.41) is 10.2. The van der Waals surface area contributed by atoms with E-state index in [1.807, 2.05) is 66.0 Å². The number of ether oxygens (including phenoxy) is 2. The van der Waals surface area contributed by atoms with Crippen LogP contribution in [-0.4, -0.2) is 17.3 Å². The summed E-state index contributed by atoms with van der Waals surface area (Å²) in [6, 6.07) is 19.5. The molecular weight excluding hydrogens is 348 g/mol. The number of aromatic nitrogens is 2. The maximum atomic E-state index is 5.88. The Morgan fingerprint density at radius 1 is 0.923 bits per heavy atom. The van der Waals surface area contributed by atoms with E-state index in [1.165, 1.54) is 0 Å². The minimum Gasteiger partial charge on any atom is -0.493 e. The minimum absolute atomic E-state index is 0.446. The Balaban J connectivity index is 1.55. The normalized spacial score (nSPS) is 10.7. The topological polar surface area (TPSA) is 57.4 Å². The second kappa shape index (κ2) is 7.41. The van der Waals surface area contributed by atoms with Crippen LogP contribution >= 0.6 is 11.3 Å². The molecule has 2 aromatic heterocycles. The first-order valence-electron chi connectivity index (χ1n) is 8.06. The average Bonchev–Trinajstić information content (AvgIpc) is 3.38. The highest BCUT2D eigenvalue weighted by Gasteiger charge is 2.14. The summed E-state index contributed by atoms with van der Waals surface area (Å²) in [4.78, 5) is 0.943. The van der Waals surface area contributed by atoms with Crippen LogP contribution in [0.15, 0.2) is 70.5 Å². The molecule has 0 saturated heterocycles. The zero-order valence-electron chi connectivity index (χ0n) is 14.1. The van der Waals surface area contributed by atoms with E-state index in [2.05, 4.69) is 10.2 Å². The molecule has 6 heteroatoms. The first-order valence-corrected chi connectivity index (χ1v) is 8.94. The molecule has 0 fully saturated rings. The van der Waals surface area contributed by atoms with Crippen molar-refractivity contribution in [3.63, 3.8) is 0 Å². The highest BCUT2D eigenvalue weighted by Crippen LogP contribution is 2.34. The van der Waals surface area contributed by atoms with Crippen LogP contribution in [-0.2, 0) is 6.61 Å². The van der Waals surface area contributed by atoms with E-state index in [0.717, 1.165) is 16.0 Å². The maximum Gasteiger partial charge on any atom is 0.258 e. The fourth-order valence-electron chi connectivity index (χ4n) is 2.49. The molecular formula is C20H16N2O3S. The van der Waals surface area contributed by atoms with E-state index >= 15 is 0 Å². The van der Waals surface area contributed by atoms with Crippen molar-refractivity contribution in [3.8, 4) is 33.7 Å². The summed E-state index contributed by atoms with van der Waals surface area (Å²) in [6.07, 6.45) is 0. The van der Waals surface area contributed by atoms with Crippen LogP contribution in [0.5, 0.6) is 11.5 Å². The predicted octanol–water partition coefficient (Wildman–Crippen LogP) is 5.05. The molecule has 4 rings (SSSR count). The lowest BCUT2D eigenvalue weighted by atomic mass is 10.2. The molecule has 26 heavy (non-hydrogen) atoms. The van der Waals surface area contributed by atoms with Gasteiger partial charge in [0.2, 0.25) is 5.89 Å². The first kappa shape index (κ1) is 16.4. The Morgan fingerprint density at radius 3 is 2.54 bits per heavy atom. The highest BCUT2D eigenvalue weighted by atomic mass is 32.1. The van der Waals surface area contributed by atoms with Crippen LogP contribution in [0.4, 0.5) is 0 Å². The number of methoxy groups -OCH3 is 1. The Kier molecular flexibility index (Phi) is 4.66. The number of hydrogen-bond donors (Lipinski definition) is 0. The van der Waals surface area contributed by atoms with Gasteiger partial charge in [0.15, 0.2) is 11.5 Å². The van der Waals surface area contributed by atoms with Crippen molar-refractivity contribution in [1.29, 1.82) is 0 Å². The third-order valence-electron chi connectivity index (χ3n) is 3.80. The van der Waals surface area contributed by atoms with Crippen LogP contribution in [0, 0.1) is 0 Å². The zero-order valence-corrected chi connectivity index (χ0v) is 14.9. The van der Waals surface area contributed by atoms with E-state index in [1.54, 1.807) is 18.4 Å². The van der Waals surface area contributed by atoms with Gasteiger partial charge in [-0.2, -0.15) is 0 Å². The number of thiophene rings is 1. The van der Waals surface area contributed by atoms with E-state index < -0.39 is 0 Å². The Bertz CT molecular complexity index is 981. The van der Waals surface area contributed by atoms with Crippen molar-refractivity contribution < 1.29 is 13.9 Å². The van der Waals surface area contributed by atoms with Gasteiger partial charge in [0.05, 0.1) is 12.0 Å². The zero-order chi connectivity index (χ0) is 17.8.